The molecular formula is C28H29N3O4. The van der Waals surface area contributed by atoms with Crippen molar-refractivity contribution in [3.8, 4) is 5.75 Å². The summed E-state index contributed by atoms with van der Waals surface area (Å²) in [5, 5.41) is 5.68. The van der Waals surface area contributed by atoms with E-state index in [9.17, 15) is 9.59 Å². The number of hydrogen-bond acceptors (Lipinski definition) is 5. The molecule has 35 heavy (non-hydrogen) atoms. The highest BCUT2D eigenvalue weighted by atomic mass is 16.5. The summed E-state index contributed by atoms with van der Waals surface area (Å²) in [6.07, 6.45) is 0. The number of hydrogen-bond donors (Lipinski definition) is 2. The topological polar surface area (TPSA) is 79.9 Å². The average Bonchev–Trinajstić information content (AvgIpc) is 2.89. The van der Waals surface area contributed by atoms with Crippen LogP contribution in [-0.4, -0.2) is 32.8 Å². The number of methoxy groups -OCH3 is 1. The van der Waals surface area contributed by atoms with E-state index in [-0.39, 0.29) is 12.6 Å². The molecular weight excluding hydrogens is 442 g/mol. The van der Waals surface area contributed by atoms with Gasteiger partial charge in [-0.2, -0.15) is 0 Å². The standard InChI is InChI=1S/C28H29N3O4/c1-4-35-27(32)24-25(29-28(33)30-26(24)21-12-16-23(34-3)17-13-21)20-10-14-22(15-11-20)31(2)18-19-8-6-5-7-9-19/h5-17,25H,4,18H2,1-3H3,(H2,29,30,33). The fourth-order valence-corrected chi connectivity index (χ4v) is 4.10. The summed E-state index contributed by atoms with van der Waals surface area (Å²) in [6.45, 7) is 2.74. The summed E-state index contributed by atoms with van der Waals surface area (Å²) in [6, 6.07) is 24.2. The molecule has 2 N–H and O–H groups in total. The Hall–Kier alpha value is -4.26. The molecule has 7 nitrogen and oxygen atoms in total. The van der Waals surface area contributed by atoms with Gasteiger partial charge >= 0.3 is 12.0 Å². The van der Waals surface area contributed by atoms with Gasteiger partial charge in [-0.3, -0.25) is 0 Å². The lowest BCUT2D eigenvalue weighted by Gasteiger charge is -2.30. The van der Waals surface area contributed by atoms with Crippen LogP contribution >= 0.6 is 0 Å². The first-order valence-corrected chi connectivity index (χ1v) is 11.5. The van der Waals surface area contributed by atoms with E-state index in [4.69, 9.17) is 9.47 Å². The fourth-order valence-electron chi connectivity index (χ4n) is 4.10. The minimum absolute atomic E-state index is 0.224. The Labute approximate surface area is 205 Å². The number of benzene rings is 3. The van der Waals surface area contributed by atoms with Crippen molar-refractivity contribution in [3.63, 3.8) is 0 Å². The van der Waals surface area contributed by atoms with Crippen molar-refractivity contribution in [3.05, 3.63) is 101 Å². The molecule has 1 atom stereocenters. The van der Waals surface area contributed by atoms with E-state index in [1.165, 1.54) is 5.56 Å². The van der Waals surface area contributed by atoms with Crippen molar-refractivity contribution >= 4 is 23.4 Å². The lowest BCUT2D eigenvalue weighted by atomic mass is 9.92. The molecule has 3 aromatic carbocycles. The molecule has 0 aliphatic carbocycles. The zero-order valence-electron chi connectivity index (χ0n) is 20.1. The van der Waals surface area contributed by atoms with E-state index in [0.29, 0.717) is 22.6 Å². The molecule has 0 radical (unpaired) electrons. The molecule has 0 saturated carbocycles. The predicted molar refractivity (Wildman–Crippen MR) is 136 cm³/mol. The van der Waals surface area contributed by atoms with Gasteiger partial charge in [0.15, 0.2) is 0 Å². The van der Waals surface area contributed by atoms with Crippen LogP contribution in [0.5, 0.6) is 5.75 Å². The van der Waals surface area contributed by atoms with Gasteiger partial charge in [0.1, 0.15) is 5.75 Å². The van der Waals surface area contributed by atoms with Crippen molar-refractivity contribution < 1.29 is 19.1 Å². The third-order valence-corrected chi connectivity index (χ3v) is 5.88. The molecule has 0 saturated heterocycles. The third-order valence-electron chi connectivity index (χ3n) is 5.88. The maximum absolute atomic E-state index is 13.1. The van der Waals surface area contributed by atoms with Crippen LogP contribution in [0.4, 0.5) is 10.5 Å². The maximum Gasteiger partial charge on any atom is 0.338 e. The Morgan fingerprint density at radius 1 is 0.971 bits per heavy atom. The molecule has 3 aromatic rings. The smallest absolute Gasteiger partial charge is 0.338 e. The normalized spacial score (nSPS) is 15.2. The highest BCUT2D eigenvalue weighted by molar-refractivity contribution is 6.04. The number of carbonyl (C=O) groups is 2. The largest absolute Gasteiger partial charge is 0.497 e. The van der Waals surface area contributed by atoms with Crippen LogP contribution < -0.4 is 20.3 Å². The van der Waals surface area contributed by atoms with Crippen LogP contribution in [0.3, 0.4) is 0 Å². The zero-order chi connectivity index (χ0) is 24.8. The van der Waals surface area contributed by atoms with Crippen molar-refractivity contribution in [2.24, 2.45) is 0 Å². The molecule has 0 aromatic heterocycles. The van der Waals surface area contributed by atoms with E-state index in [2.05, 4.69) is 27.7 Å². The quantitative estimate of drug-likeness (QED) is 0.467. The monoisotopic (exact) mass is 471 g/mol. The van der Waals surface area contributed by atoms with Gasteiger partial charge in [0.25, 0.3) is 0 Å². The molecule has 1 aliphatic rings. The molecule has 1 heterocycles. The first-order chi connectivity index (χ1) is 17.0. The third kappa shape index (κ3) is 5.46. The van der Waals surface area contributed by atoms with E-state index >= 15 is 0 Å². The van der Waals surface area contributed by atoms with Gasteiger partial charge in [-0.25, -0.2) is 9.59 Å². The number of anilines is 1. The number of nitrogens with one attached hydrogen (secondary N) is 2. The summed E-state index contributed by atoms with van der Waals surface area (Å²) in [4.78, 5) is 27.8. The van der Waals surface area contributed by atoms with Crippen LogP contribution in [0.15, 0.2) is 84.4 Å². The second kappa shape index (κ2) is 10.8. The molecule has 4 rings (SSSR count). The number of carbonyl (C=O) groups excluding carboxylic acids is 2. The summed E-state index contributed by atoms with van der Waals surface area (Å²) in [5.74, 6) is 0.195. The highest BCUT2D eigenvalue weighted by Gasteiger charge is 2.34. The number of rotatable bonds is 8. The Kier molecular flexibility index (Phi) is 7.35. The molecule has 180 valence electrons. The van der Waals surface area contributed by atoms with Crippen LogP contribution in [0.1, 0.15) is 29.7 Å². The SMILES string of the molecule is CCOC(=O)C1=C(c2ccc(OC)cc2)NC(=O)NC1c1ccc(N(C)Cc2ccccc2)cc1. The highest BCUT2D eigenvalue weighted by Crippen LogP contribution is 2.33. The van der Waals surface area contributed by atoms with Crippen molar-refractivity contribution in [1.29, 1.82) is 0 Å². The van der Waals surface area contributed by atoms with E-state index in [1.54, 1.807) is 38.3 Å². The van der Waals surface area contributed by atoms with Crippen LogP contribution in [0.2, 0.25) is 0 Å². The molecule has 7 heteroatoms. The maximum atomic E-state index is 13.1. The minimum atomic E-state index is -0.659. The summed E-state index contributed by atoms with van der Waals surface area (Å²) < 4.78 is 10.6. The van der Waals surface area contributed by atoms with Crippen LogP contribution in [0.25, 0.3) is 5.70 Å². The van der Waals surface area contributed by atoms with Crippen molar-refractivity contribution in [2.75, 3.05) is 25.7 Å². The molecule has 1 aliphatic heterocycles. The van der Waals surface area contributed by atoms with E-state index < -0.39 is 12.0 Å². The molecule has 2 amide bonds. The van der Waals surface area contributed by atoms with Gasteiger partial charge in [-0.15, -0.1) is 0 Å². The first-order valence-electron chi connectivity index (χ1n) is 11.5. The van der Waals surface area contributed by atoms with E-state index in [1.807, 2.05) is 49.5 Å². The number of amides is 2. The summed E-state index contributed by atoms with van der Waals surface area (Å²) in [7, 11) is 3.61. The molecule has 0 spiro atoms. The van der Waals surface area contributed by atoms with Gasteiger partial charge < -0.3 is 25.0 Å². The lowest BCUT2D eigenvalue weighted by Crippen LogP contribution is -2.45. The van der Waals surface area contributed by atoms with E-state index in [0.717, 1.165) is 17.8 Å². The lowest BCUT2D eigenvalue weighted by molar-refractivity contribution is -0.138. The predicted octanol–water partition coefficient (Wildman–Crippen LogP) is 4.66. The van der Waals surface area contributed by atoms with Gasteiger partial charge in [0, 0.05) is 19.3 Å². The second-order valence-electron chi connectivity index (χ2n) is 8.20. The number of ether oxygens (including phenoxy) is 2. The fraction of sp³-hybridized carbons (Fsp3) is 0.214. The second-order valence-corrected chi connectivity index (χ2v) is 8.20. The number of nitrogens with zero attached hydrogens (tertiary/aromatic N) is 1. The van der Waals surface area contributed by atoms with Crippen LogP contribution in [0, 0.1) is 0 Å². The van der Waals surface area contributed by atoms with Gasteiger partial charge in [-0.1, -0.05) is 42.5 Å². The Bertz CT molecular complexity index is 1210. The first kappa shape index (κ1) is 23.9. The average molecular weight is 472 g/mol. The van der Waals surface area contributed by atoms with Crippen molar-refractivity contribution in [2.45, 2.75) is 19.5 Å². The number of urea groups is 1. The van der Waals surface area contributed by atoms with Gasteiger partial charge in [-0.05, 0) is 60.0 Å². The molecule has 0 bridgehead atoms. The molecule has 0 fully saturated rings. The van der Waals surface area contributed by atoms with Gasteiger partial charge in [0.2, 0.25) is 0 Å². The van der Waals surface area contributed by atoms with Gasteiger partial charge in [0.05, 0.1) is 31.0 Å². The Balaban J connectivity index is 1.68. The number of esters is 1. The summed E-state index contributed by atoms with van der Waals surface area (Å²) in [5.41, 5.74) is 4.47. The Morgan fingerprint density at radius 3 is 2.29 bits per heavy atom. The van der Waals surface area contributed by atoms with Crippen LogP contribution in [-0.2, 0) is 16.1 Å². The minimum Gasteiger partial charge on any atom is -0.497 e. The summed E-state index contributed by atoms with van der Waals surface area (Å²) >= 11 is 0. The van der Waals surface area contributed by atoms with Crippen molar-refractivity contribution in [1.82, 2.24) is 10.6 Å². The zero-order valence-corrected chi connectivity index (χ0v) is 20.1. The molecule has 1 unspecified atom stereocenters. The Morgan fingerprint density at radius 2 is 1.66 bits per heavy atom.